The van der Waals surface area contributed by atoms with E-state index in [4.69, 9.17) is 0 Å². The Labute approximate surface area is 136 Å². The van der Waals surface area contributed by atoms with Crippen LogP contribution in [-0.2, 0) is 4.74 Å². The molecule has 0 aromatic carbocycles. The molecule has 1 unspecified atom stereocenters. The molecule has 0 rings (SSSR count). The van der Waals surface area contributed by atoms with Crippen LogP contribution in [0, 0.1) is 5.92 Å². The van der Waals surface area contributed by atoms with Gasteiger partial charge in [0.1, 0.15) is 0 Å². The highest BCUT2D eigenvalue weighted by Gasteiger charge is 2.83. The summed E-state index contributed by atoms with van der Waals surface area (Å²) in [6, 6.07) is 0. The molecule has 0 amide bonds. The van der Waals surface area contributed by atoms with Gasteiger partial charge in [0.25, 0.3) is 0 Å². The lowest BCUT2D eigenvalue weighted by atomic mass is 9.98. The van der Waals surface area contributed by atoms with Gasteiger partial charge in [-0.25, -0.2) is 0 Å². The maximum Gasteiger partial charge on any atom is 0.460 e. The van der Waals surface area contributed by atoms with Gasteiger partial charge in [-0.2, -0.15) is 61.5 Å². The highest BCUT2D eigenvalue weighted by atomic mass is 19.4. The van der Waals surface area contributed by atoms with Gasteiger partial charge in [-0.15, -0.1) is 0 Å². The molecule has 15 heteroatoms. The molecular weight excluding hydrogens is 414 g/mol. The smallest absolute Gasteiger partial charge is 0.250 e. The zero-order chi connectivity index (χ0) is 21.4. The van der Waals surface area contributed by atoms with Crippen LogP contribution in [0.25, 0.3) is 0 Å². The third kappa shape index (κ3) is 5.25. The molecule has 0 aliphatic heterocycles. The first kappa shape index (κ1) is 25.0. The SMILES string of the molecule is CCCC(CC(F)(F)OC(F)(F)C(F)(F)C(F)(F)C(F)(F)F)C(F)(F)F. The lowest BCUT2D eigenvalue weighted by Crippen LogP contribution is -2.63. The van der Waals surface area contributed by atoms with Crippen LogP contribution in [0.2, 0.25) is 0 Å². The number of rotatable bonds is 8. The Morgan fingerprint density at radius 1 is 0.692 bits per heavy atom. The number of alkyl halides is 14. The van der Waals surface area contributed by atoms with Crippen LogP contribution in [0.15, 0.2) is 0 Å². The minimum atomic E-state index is -7.53. The molecule has 26 heavy (non-hydrogen) atoms. The second-order valence-corrected chi connectivity index (χ2v) is 5.13. The van der Waals surface area contributed by atoms with E-state index in [-0.39, 0.29) is 0 Å². The van der Waals surface area contributed by atoms with Crippen LogP contribution < -0.4 is 0 Å². The number of halogens is 14. The number of ether oxygens (including phenoxy) is 1. The molecule has 0 aromatic rings. The fourth-order valence-electron chi connectivity index (χ4n) is 1.67. The predicted molar refractivity (Wildman–Crippen MR) is 56.0 cm³/mol. The predicted octanol–water partition coefficient (Wildman–Crippen LogP) is 6.39. The quantitative estimate of drug-likeness (QED) is 0.411. The van der Waals surface area contributed by atoms with Gasteiger partial charge in [0.2, 0.25) is 0 Å². The molecule has 0 radical (unpaired) electrons. The average Bonchev–Trinajstić information content (AvgIpc) is 2.33. The first-order valence-corrected chi connectivity index (χ1v) is 6.47. The third-order valence-corrected chi connectivity index (χ3v) is 2.98. The average molecular weight is 424 g/mol. The normalized spacial score (nSPS) is 16.7. The van der Waals surface area contributed by atoms with Gasteiger partial charge in [0.15, 0.2) is 0 Å². The van der Waals surface area contributed by atoms with E-state index in [2.05, 4.69) is 0 Å². The maximum absolute atomic E-state index is 13.2. The van der Waals surface area contributed by atoms with Crippen molar-refractivity contribution in [3.63, 3.8) is 0 Å². The minimum Gasteiger partial charge on any atom is -0.250 e. The summed E-state index contributed by atoms with van der Waals surface area (Å²) < 4.78 is 178. The van der Waals surface area contributed by atoms with E-state index in [1.54, 1.807) is 0 Å². The molecule has 0 spiro atoms. The monoisotopic (exact) mass is 424 g/mol. The maximum atomic E-state index is 13.2. The summed E-state index contributed by atoms with van der Waals surface area (Å²) in [7, 11) is 0. The van der Waals surface area contributed by atoms with Crippen molar-refractivity contribution in [1.29, 1.82) is 0 Å². The van der Waals surface area contributed by atoms with Gasteiger partial charge in [0.05, 0.1) is 12.3 Å². The molecule has 0 aliphatic rings. The van der Waals surface area contributed by atoms with Gasteiger partial charge in [-0.05, 0) is 6.42 Å². The molecule has 0 saturated carbocycles. The fraction of sp³-hybridized carbons (Fsp3) is 1.00. The van der Waals surface area contributed by atoms with Gasteiger partial charge >= 0.3 is 36.4 Å². The van der Waals surface area contributed by atoms with Gasteiger partial charge < -0.3 is 0 Å². The first-order valence-electron chi connectivity index (χ1n) is 6.47. The molecule has 1 nitrogen and oxygen atoms in total. The summed E-state index contributed by atoms with van der Waals surface area (Å²) in [5.41, 5.74) is 0. The number of hydrogen-bond donors (Lipinski definition) is 0. The van der Waals surface area contributed by atoms with Crippen molar-refractivity contribution in [3.05, 3.63) is 0 Å². The largest absolute Gasteiger partial charge is 0.460 e. The summed E-state index contributed by atoms with van der Waals surface area (Å²) in [4.78, 5) is 0. The van der Waals surface area contributed by atoms with Crippen LogP contribution in [0.5, 0.6) is 0 Å². The molecule has 0 aliphatic carbocycles. The van der Waals surface area contributed by atoms with Crippen LogP contribution in [0.1, 0.15) is 26.2 Å². The summed E-state index contributed by atoms with van der Waals surface area (Å²) in [5, 5.41) is 0. The summed E-state index contributed by atoms with van der Waals surface area (Å²) in [6.45, 7) is 1.06. The lowest BCUT2D eigenvalue weighted by molar-refractivity contribution is -0.484. The molecule has 0 saturated heterocycles. The van der Waals surface area contributed by atoms with E-state index >= 15 is 0 Å². The standard InChI is InChI=1S/C11H10F14O/c1-2-3-5(7(14,15)16)4-6(12,13)26-11(24,25)9(19,20)8(17,18)10(21,22)23/h5H,2-4H2,1H3. The Hall–Kier alpha value is -1.02. The zero-order valence-corrected chi connectivity index (χ0v) is 12.4. The van der Waals surface area contributed by atoms with Crippen LogP contribution >= 0.6 is 0 Å². The van der Waals surface area contributed by atoms with Crippen LogP contribution in [0.4, 0.5) is 61.5 Å². The van der Waals surface area contributed by atoms with Crippen molar-refractivity contribution < 1.29 is 66.2 Å². The van der Waals surface area contributed by atoms with E-state index in [1.165, 1.54) is 0 Å². The highest BCUT2D eigenvalue weighted by Crippen LogP contribution is 2.55. The van der Waals surface area contributed by atoms with Crippen molar-refractivity contribution in [2.75, 3.05) is 0 Å². The van der Waals surface area contributed by atoms with E-state index in [0.29, 0.717) is 0 Å². The first-order chi connectivity index (χ1) is 11.1. The third-order valence-electron chi connectivity index (χ3n) is 2.98. The molecule has 0 aromatic heterocycles. The Morgan fingerprint density at radius 2 is 1.12 bits per heavy atom. The van der Waals surface area contributed by atoms with Gasteiger partial charge in [0, 0.05) is 0 Å². The number of hydrogen-bond acceptors (Lipinski definition) is 1. The van der Waals surface area contributed by atoms with E-state index < -0.39 is 61.6 Å². The van der Waals surface area contributed by atoms with Crippen LogP contribution in [0.3, 0.4) is 0 Å². The highest BCUT2D eigenvalue weighted by molar-refractivity contribution is 4.97. The molecule has 158 valence electrons. The Balaban J connectivity index is 5.63. The Bertz CT molecular complexity index is 462. The molecule has 0 bridgehead atoms. The second kappa shape index (κ2) is 7.19. The summed E-state index contributed by atoms with van der Waals surface area (Å²) in [5.74, 6) is -18.1. The molecular formula is C11H10F14O. The van der Waals surface area contributed by atoms with Crippen molar-refractivity contribution in [3.8, 4) is 0 Å². The van der Waals surface area contributed by atoms with Crippen LogP contribution in [-0.4, -0.2) is 36.4 Å². The van der Waals surface area contributed by atoms with E-state index in [0.717, 1.165) is 6.92 Å². The lowest BCUT2D eigenvalue weighted by Gasteiger charge is -2.35. The van der Waals surface area contributed by atoms with E-state index in [9.17, 15) is 61.5 Å². The van der Waals surface area contributed by atoms with Crippen molar-refractivity contribution in [2.45, 2.75) is 62.6 Å². The van der Waals surface area contributed by atoms with Gasteiger partial charge in [-0.3, -0.25) is 4.74 Å². The Kier molecular flexibility index (Phi) is 6.90. The second-order valence-electron chi connectivity index (χ2n) is 5.13. The van der Waals surface area contributed by atoms with Crippen molar-refractivity contribution in [1.82, 2.24) is 0 Å². The van der Waals surface area contributed by atoms with Crippen molar-refractivity contribution >= 4 is 0 Å². The van der Waals surface area contributed by atoms with Crippen molar-refractivity contribution in [2.24, 2.45) is 5.92 Å². The topological polar surface area (TPSA) is 9.23 Å². The fourth-order valence-corrected chi connectivity index (χ4v) is 1.67. The van der Waals surface area contributed by atoms with Gasteiger partial charge in [-0.1, -0.05) is 13.3 Å². The zero-order valence-electron chi connectivity index (χ0n) is 12.4. The Morgan fingerprint density at radius 3 is 1.42 bits per heavy atom. The van der Waals surface area contributed by atoms with E-state index in [1.807, 2.05) is 4.74 Å². The molecule has 0 fully saturated rings. The summed E-state index contributed by atoms with van der Waals surface area (Å²) >= 11 is 0. The summed E-state index contributed by atoms with van der Waals surface area (Å²) in [6.07, 6.45) is -29.8. The molecule has 0 N–H and O–H groups in total. The minimum absolute atomic E-state index is 0.418. The molecule has 0 heterocycles. The molecule has 1 atom stereocenters.